The third-order valence-electron chi connectivity index (χ3n) is 3.67. The second-order valence-electron chi connectivity index (χ2n) is 5.24. The highest BCUT2D eigenvalue weighted by molar-refractivity contribution is 6.17. The predicted molar refractivity (Wildman–Crippen MR) is 89.9 cm³/mol. The molecule has 0 saturated carbocycles. The molecule has 0 aromatic heterocycles. The quantitative estimate of drug-likeness (QED) is 0.647. The monoisotopic (exact) mass is 355 g/mol. The number of alkyl halides is 1. The lowest BCUT2D eigenvalue weighted by atomic mass is 10.1. The van der Waals surface area contributed by atoms with Crippen LogP contribution in [-0.4, -0.2) is 26.6 Å². The first-order valence-electron chi connectivity index (χ1n) is 7.40. The Kier molecular flexibility index (Phi) is 8.85. The first kappa shape index (κ1) is 19.6. The Morgan fingerprint density at radius 1 is 0.783 bits per heavy atom. The van der Waals surface area contributed by atoms with Gasteiger partial charge in [0.25, 0.3) is 0 Å². The largest absolute Gasteiger partial charge is 1.00 e. The van der Waals surface area contributed by atoms with Crippen molar-refractivity contribution in [3.05, 3.63) is 59.7 Å². The van der Waals surface area contributed by atoms with Crippen molar-refractivity contribution in [3.63, 3.8) is 0 Å². The van der Waals surface area contributed by atoms with E-state index >= 15 is 0 Å². The van der Waals surface area contributed by atoms with Gasteiger partial charge in [-0.25, -0.2) is 0 Å². The average Bonchev–Trinajstić information content (AvgIpc) is 2.56. The number of methoxy groups -OCH3 is 2. The van der Waals surface area contributed by atoms with Crippen LogP contribution in [0.4, 0.5) is 0 Å². The summed E-state index contributed by atoms with van der Waals surface area (Å²) in [6.45, 7) is 2.82. The van der Waals surface area contributed by atoms with Gasteiger partial charge in [0.2, 0.25) is 0 Å². The number of hydrogen-bond donors (Lipinski definition) is 1. The molecular formula is C18H23Cl2NO2. The molecule has 0 saturated heterocycles. The summed E-state index contributed by atoms with van der Waals surface area (Å²) in [5.74, 6) is 2.43. The van der Waals surface area contributed by atoms with Crippen molar-refractivity contribution in [3.8, 4) is 11.5 Å². The molecule has 23 heavy (non-hydrogen) atoms. The lowest BCUT2D eigenvalue weighted by Gasteiger charge is -2.19. The van der Waals surface area contributed by atoms with Gasteiger partial charge < -0.3 is 26.8 Å². The standard InChI is InChI=1S/C18H22ClNO2.ClH/c1-21-17-7-3-15(4-8-17)13-20(12-11-19)14-16-5-9-18(22-2)10-6-16;/h3-10H,11-14H2,1-2H3;1H. The minimum Gasteiger partial charge on any atom is -1.00 e. The van der Waals surface area contributed by atoms with Crippen molar-refractivity contribution in [2.45, 2.75) is 13.1 Å². The van der Waals surface area contributed by atoms with Crippen molar-refractivity contribution in [1.82, 2.24) is 0 Å². The number of quaternary nitrogens is 1. The van der Waals surface area contributed by atoms with E-state index in [1.807, 2.05) is 24.3 Å². The van der Waals surface area contributed by atoms with Crippen molar-refractivity contribution in [2.75, 3.05) is 26.6 Å². The summed E-state index contributed by atoms with van der Waals surface area (Å²) in [6, 6.07) is 16.5. The first-order chi connectivity index (χ1) is 10.7. The Labute approximate surface area is 149 Å². The molecule has 0 bridgehead atoms. The zero-order chi connectivity index (χ0) is 15.8. The second kappa shape index (κ2) is 10.4. The smallest absolute Gasteiger partial charge is 0.118 e. The third-order valence-corrected chi connectivity index (χ3v) is 3.86. The fraction of sp³-hybridized carbons (Fsp3) is 0.333. The highest BCUT2D eigenvalue weighted by Crippen LogP contribution is 2.12. The molecule has 0 unspecified atom stereocenters. The summed E-state index contributed by atoms with van der Waals surface area (Å²) in [4.78, 5) is 1.44. The summed E-state index contributed by atoms with van der Waals surface area (Å²) in [5.41, 5.74) is 2.57. The number of halogens is 2. The van der Waals surface area contributed by atoms with E-state index in [-0.39, 0.29) is 12.4 Å². The second-order valence-corrected chi connectivity index (χ2v) is 5.62. The average molecular weight is 356 g/mol. The molecule has 0 aliphatic heterocycles. The zero-order valence-corrected chi connectivity index (χ0v) is 15.0. The fourth-order valence-corrected chi connectivity index (χ4v) is 2.70. The van der Waals surface area contributed by atoms with Gasteiger partial charge in [0, 0.05) is 11.1 Å². The van der Waals surface area contributed by atoms with E-state index in [1.165, 1.54) is 16.0 Å². The number of nitrogens with one attached hydrogen (secondary N) is 1. The molecule has 0 heterocycles. The molecule has 2 aromatic carbocycles. The van der Waals surface area contributed by atoms with E-state index in [4.69, 9.17) is 21.1 Å². The van der Waals surface area contributed by atoms with E-state index in [0.717, 1.165) is 31.1 Å². The van der Waals surface area contributed by atoms with E-state index in [0.29, 0.717) is 5.88 Å². The predicted octanol–water partition coefficient (Wildman–Crippen LogP) is -0.468. The molecule has 2 rings (SSSR count). The summed E-state index contributed by atoms with van der Waals surface area (Å²) in [7, 11) is 3.37. The van der Waals surface area contributed by atoms with Gasteiger partial charge in [-0.3, -0.25) is 0 Å². The maximum Gasteiger partial charge on any atom is 0.118 e. The molecule has 1 N–H and O–H groups in total. The molecule has 0 amide bonds. The van der Waals surface area contributed by atoms with Crippen LogP contribution in [0.25, 0.3) is 0 Å². The molecule has 2 aromatic rings. The molecule has 0 fully saturated rings. The van der Waals surface area contributed by atoms with Crippen LogP contribution in [0, 0.1) is 0 Å². The van der Waals surface area contributed by atoms with Crippen LogP contribution in [-0.2, 0) is 13.1 Å². The Morgan fingerprint density at radius 3 is 1.48 bits per heavy atom. The number of rotatable bonds is 8. The van der Waals surface area contributed by atoms with Crippen LogP contribution >= 0.6 is 11.6 Å². The molecule has 0 atom stereocenters. The van der Waals surface area contributed by atoms with Crippen LogP contribution in [0.3, 0.4) is 0 Å². The lowest BCUT2D eigenvalue weighted by molar-refractivity contribution is -0.925. The summed E-state index contributed by atoms with van der Waals surface area (Å²) in [5, 5.41) is 0. The molecule has 0 aliphatic carbocycles. The Bertz CT molecular complexity index is 509. The van der Waals surface area contributed by atoms with Crippen molar-refractivity contribution in [1.29, 1.82) is 0 Å². The molecule has 0 radical (unpaired) electrons. The molecule has 0 aliphatic rings. The normalized spacial score (nSPS) is 10.3. The minimum absolute atomic E-state index is 0. The van der Waals surface area contributed by atoms with Gasteiger partial charge >= 0.3 is 0 Å². The van der Waals surface area contributed by atoms with E-state index < -0.39 is 0 Å². The van der Waals surface area contributed by atoms with Gasteiger partial charge in [0.05, 0.1) is 26.6 Å². The number of hydrogen-bond acceptors (Lipinski definition) is 2. The van der Waals surface area contributed by atoms with Gasteiger partial charge in [-0.05, 0) is 48.5 Å². The van der Waals surface area contributed by atoms with Gasteiger partial charge in [-0.15, -0.1) is 11.6 Å². The van der Waals surface area contributed by atoms with Gasteiger partial charge in [0.1, 0.15) is 24.6 Å². The van der Waals surface area contributed by atoms with Gasteiger partial charge in [0.15, 0.2) is 0 Å². The molecule has 3 nitrogen and oxygen atoms in total. The van der Waals surface area contributed by atoms with E-state index in [2.05, 4.69) is 24.3 Å². The molecule has 0 spiro atoms. The van der Waals surface area contributed by atoms with Crippen LogP contribution in [0.2, 0.25) is 0 Å². The molecular weight excluding hydrogens is 333 g/mol. The van der Waals surface area contributed by atoms with Crippen LogP contribution in [0.1, 0.15) is 11.1 Å². The Morgan fingerprint density at radius 2 is 1.17 bits per heavy atom. The highest BCUT2D eigenvalue weighted by Gasteiger charge is 2.10. The van der Waals surface area contributed by atoms with E-state index in [1.54, 1.807) is 14.2 Å². The van der Waals surface area contributed by atoms with E-state index in [9.17, 15) is 0 Å². The van der Waals surface area contributed by atoms with Crippen molar-refractivity contribution < 1.29 is 26.8 Å². The van der Waals surface area contributed by atoms with Gasteiger partial charge in [-0.1, -0.05) is 0 Å². The van der Waals surface area contributed by atoms with Gasteiger partial charge in [-0.2, -0.15) is 0 Å². The van der Waals surface area contributed by atoms with Crippen LogP contribution in [0.15, 0.2) is 48.5 Å². The van der Waals surface area contributed by atoms with Crippen molar-refractivity contribution in [2.24, 2.45) is 0 Å². The summed E-state index contributed by atoms with van der Waals surface area (Å²) < 4.78 is 10.4. The number of benzene rings is 2. The highest BCUT2D eigenvalue weighted by atomic mass is 35.5. The Hall–Kier alpha value is -1.42. The maximum atomic E-state index is 5.96. The minimum atomic E-state index is 0. The fourth-order valence-electron chi connectivity index (χ4n) is 2.44. The SMILES string of the molecule is COc1ccc(C[NH+](CCCl)Cc2ccc(OC)cc2)cc1.[Cl-]. The Balaban J connectivity index is 0.00000264. The van der Waals surface area contributed by atoms with Crippen LogP contribution < -0.4 is 26.8 Å². The maximum absolute atomic E-state index is 5.96. The number of ether oxygens (including phenoxy) is 2. The van der Waals surface area contributed by atoms with Crippen molar-refractivity contribution >= 4 is 11.6 Å². The molecule has 126 valence electrons. The first-order valence-corrected chi connectivity index (χ1v) is 7.94. The summed E-state index contributed by atoms with van der Waals surface area (Å²) >= 11 is 5.96. The van der Waals surface area contributed by atoms with Crippen LogP contribution in [0.5, 0.6) is 11.5 Å². The summed E-state index contributed by atoms with van der Waals surface area (Å²) in [6.07, 6.45) is 0. The lowest BCUT2D eigenvalue weighted by Crippen LogP contribution is -3.09. The third kappa shape index (κ3) is 6.30. The zero-order valence-electron chi connectivity index (χ0n) is 13.5. The topological polar surface area (TPSA) is 22.9 Å². The molecule has 5 heteroatoms.